The second-order valence-corrected chi connectivity index (χ2v) is 8.72. The lowest BCUT2D eigenvalue weighted by molar-refractivity contribution is -0.117. The molecule has 0 spiro atoms. The van der Waals surface area contributed by atoms with E-state index in [9.17, 15) is 14.7 Å². The second kappa shape index (κ2) is 7.54. The molecule has 1 N–H and O–H groups in total. The van der Waals surface area contributed by atoms with Gasteiger partial charge in [-0.05, 0) is 44.9 Å². The van der Waals surface area contributed by atoms with Gasteiger partial charge in [-0.2, -0.15) is 0 Å². The summed E-state index contributed by atoms with van der Waals surface area (Å²) in [7, 11) is 0. The van der Waals surface area contributed by atoms with Crippen LogP contribution in [0.25, 0.3) is 0 Å². The van der Waals surface area contributed by atoms with E-state index in [0.717, 1.165) is 21.7 Å². The average molecular weight is 419 g/mol. The van der Waals surface area contributed by atoms with Crippen LogP contribution in [0.3, 0.4) is 0 Å². The summed E-state index contributed by atoms with van der Waals surface area (Å²) < 4.78 is 0. The molecule has 152 valence electrons. The van der Waals surface area contributed by atoms with Crippen LogP contribution in [0.1, 0.15) is 43.1 Å². The lowest BCUT2D eigenvalue weighted by Crippen LogP contribution is -2.31. The first-order valence-corrected chi connectivity index (χ1v) is 10.5. The fourth-order valence-corrected chi connectivity index (χ4v) is 4.85. The Kier molecular flexibility index (Phi) is 5.03. The predicted octanol–water partition coefficient (Wildman–Crippen LogP) is 5.16. The van der Waals surface area contributed by atoms with Crippen molar-refractivity contribution in [1.29, 1.82) is 0 Å². The van der Waals surface area contributed by atoms with Gasteiger partial charge >= 0.3 is 0 Å². The molecule has 30 heavy (non-hydrogen) atoms. The van der Waals surface area contributed by atoms with Gasteiger partial charge in [-0.25, -0.2) is 4.98 Å². The minimum Gasteiger partial charge on any atom is -0.503 e. The van der Waals surface area contributed by atoms with Crippen LogP contribution in [0.2, 0.25) is 0 Å². The maximum Gasteiger partial charge on any atom is 0.294 e. The molecule has 1 aromatic heterocycles. The number of hydrogen-bond donors (Lipinski definition) is 1. The van der Waals surface area contributed by atoms with Gasteiger partial charge in [0.05, 0.1) is 27.2 Å². The van der Waals surface area contributed by atoms with Crippen molar-refractivity contribution in [3.05, 3.63) is 92.1 Å². The van der Waals surface area contributed by atoms with Crippen molar-refractivity contribution in [2.24, 2.45) is 0 Å². The summed E-state index contributed by atoms with van der Waals surface area (Å²) in [5, 5.41) is 11.6. The Labute approximate surface area is 179 Å². The smallest absolute Gasteiger partial charge is 0.294 e. The maximum absolute atomic E-state index is 13.5. The van der Waals surface area contributed by atoms with Gasteiger partial charge in [-0.1, -0.05) is 48.0 Å². The average Bonchev–Trinajstić information content (AvgIpc) is 3.18. The number of thiazole rings is 1. The van der Waals surface area contributed by atoms with Crippen LogP contribution in [-0.2, 0) is 4.79 Å². The Hall–Kier alpha value is -3.25. The second-order valence-electron chi connectivity index (χ2n) is 7.52. The molecule has 3 aromatic rings. The maximum atomic E-state index is 13.5. The highest BCUT2D eigenvalue weighted by molar-refractivity contribution is 7.14. The van der Waals surface area contributed by atoms with E-state index < -0.39 is 17.7 Å². The number of hydrogen-bond acceptors (Lipinski definition) is 5. The molecule has 0 fully saturated rings. The van der Waals surface area contributed by atoms with Crippen LogP contribution >= 0.6 is 11.3 Å². The lowest BCUT2D eigenvalue weighted by Gasteiger charge is -2.28. The van der Waals surface area contributed by atoms with Crippen molar-refractivity contribution in [2.45, 2.75) is 33.7 Å². The van der Waals surface area contributed by atoms with Crippen LogP contribution in [0.15, 0.2) is 59.9 Å². The van der Waals surface area contributed by atoms with Gasteiger partial charge < -0.3 is 5.11 Å². The summed E-state index contributed by atoms with van der Waals surface area (Å²) in [5.41, 5.74) is 4.10. The number of benzene rings is 2. The highest BCUT2D eigenvalue weighted by Crippen LogP contribution is 2.43. The van der Waals surface area contributed by atoms with Crippen molar-refractivity contribution >= 4 is 28.7 Å². The predicted molar refractivity (Wildman–Crippen MR) is 118 cm³/mol. The highest BCUT2D eigenvalue weighted by atomic mass is 32.1. The quantitative estimate of drug-likeness (QED) is 0.594. The van der Waals surface area contributed by atoms with Gasteiger partial charge in [0.2, 0.25) is 5.78 Å². The van der Waals surface area contributed by atoms with Crippen molar-refractivity contribution in [3.8, 4) is 0 Å². The molecule has 0 saturated heterocycles. The first kappa shape index (κ1) is 20.0. The van der Waals surface area contributed by atoms with Crippen molar-refractivity contribution < 1.29 is 14.7 Å². The molecule has 1 unspecified atom stereocenters. The van der Waals surface area contributed by atoms with E-state index in [1.54, 1.807) is 6.92 Å². The molecular weight excluding hydrogens is 396 g/mol. The van der Waals surface area contributed by atoms with E-state index >= 15 is 0 Å². The van der Waals surface area contributed by atoms with Gasteiger partial charge in [0.25, 0.3) is 5.91 Å². The van der Waals surface area contributed by atoms with Gasteiger partial charge in [-0.3, -0.25) is 14.5 Å². The van der Waals surface area contributed by atoms with Gasteiger partial charge in [-0.15, -0.1) is 11.3 Å². The Morgan fingerprint density at radius 2 is 1.77 bits per heavy atom. The minimum atomic E-state index is -0.714. The Balaban J connectivity index is 1.91. The number of ketones is 1. The molecule has 6 heteroatoms. The third-order valence-corrected chi connectivity index (χ3v) is 6.36. The molecular formula is C24H22N2O3S. The molecule has 2 heterocycles. The summed E-state index contributed by atoms with van der Waals surface area (Å²) in [6, 6.07) is 14.4. The summed E-state index contributed by atoms with van der Waals surface area (Å²) in [6.45, 7) is 7.51. The summed E-state index contributed by atoms with van der Waals surface area (Å²) in [4.78, 5) is 33.0. The van der Waals surface area contributed by atoms with Gasteiger partial charge in [0.1, 0.15) is 0 Å². The third kappa shape index (κ3) is 3.23. The number of aromatic nitrogens is 1. The standard InChI is InChI=1S/C24H22N2O3S/c1-13-10-11-18(14(2)12-13)26-20(17-8-6-5-7-9-17)19(22(28)24(26)29)21(27)23-15(3)25-16(4)30-23/h5-12,20,28H,1-4H3. The van der Waals surface area contributed by atoms with E-state index in [4.69, 9.17) is 0 Å². The van der Waals surface area contributed by atoms with Crippen molar-refractivity contribution in [2.75, 3.05) is 4.90 Å². The zero-order chi connectivity index (χ0) is 21.6. The van der Waals surface area contributed by atoms with E-state index in [-0.39, 0.29) is 11.4 Å². The van der Waals surface area contributed by atoms with E-state index in [1.807, 2.05) is 69.3 Å². The zero-order valence-corrected chi connectivity index (χ0v) is 18.1. The number of anilines is 1. The molecule has 5 nitrogen and oxygen atoms in total. The first-order valence-electron chi connectivity index (χ1n) is 9.67. The summed E-state index contributed by atoms with van der Waals surface area (Å²) in [6.07, 6.45) is 0. The number of nitrogens with zero attached hydrogens (tertiary/aromatic N) is 2. The molecule has 0 saturated carbocycles. The highest BCUT2D eigenvalue weighted by Gasteiger charge is 2.45. The zero-order valence-electron chi connectivity index (χ0n) is 17.3. The van der Waals surface area contributed by atoms with Crippen LogP contribution in [0.5, 0.6) is 0 Å². The minimum absolute atomic E-state index is 0.0953. The molecule has 1 amide bonds. The Morgan fingerprint density at radius 1 is 1.07 bits per heavy atom. The van der Waals surface area contributed by atoms with Crippen LogP contribution < -0.4 is 4.90 Å². The monoisotopic (exact) mass is 418 g/mol. The number of amides is 1. The summed E-state index contributed by atoms with van der Waals surface area (Å²) in [5.74, 6) is -1.43. The number of carbonyl (C=O) groups excluding carboxylic acids is 2. The van der Waals surface area contributed by atoms with Gasteiger partial charge in [0, 0.05) is 5.69 Å². The molecule has 0 aliphatic carbocycles. The SMILES string of the molecule is Cc1ccc(N2C(=O)C(O)=C(C(=O)c3sc(C)nc3C)C2c2ccccc2)c(C)c1. The Bertz CT molecular complexity index is 1190. The summed E-state index contributed by atoms with van der Waals surface area (Å²) >= 11 is 1.28. The number of carbonyl (C=O) groups is 2. The van der Waals surface area contributed by atoms with Gasteiger partial charge in [0.15, 0.2) is 5.76 Å². The first-order chi connectivity index (χ1) is 14.3. The molecule has 0 bridgehead atoms. The normalized spacial score (nSPS) is 16.5. The number of aliphatic hydroxyl groups excluding tert-OH is 1. The van der Waals surface area contributed by atoms with Crippen molar-refractivity contribution in [3.63, 3.8) is 0 Å². The molecule has 1 aliphatic heterocycles. The topological polar surface area (TPSA) is 70.5 Å². The van der Waals surface area contributed by atoms with Crippen molar-refractivity contribution in [1.82, 2.24) is 4.98 Å². The fraction of sp³-hybridized carbons (Fsp3) is 0.208. The molecule has 0 radical (unpaired) electrons. The van der Waals surface area contributed by atoms with Crippen LogP contribution in [-0.4, -0.2) is 21.8 Å². The molecule has 1 aliphatic rings. The molecule has 2 aromatic carbocycles. The molecule has 4 rings (SSSR count). The number of Topliss-reactive ketones (excluding diaryl/α,β-unsaturated/α-hetero) is 1. The fourth-order valence-electron chi connectivity index (χ4n) is 3.98. The van der Waals surface area contributed by atoms with E-state index in [1.165, 1.54) is 16.2 Å². The number of rotatable bonds is 4. The number of aliphatic hydroxyl groups is 1. The lowest BCUT2D eigenvalue weighted by atomic mass is 9.94. The van der Waals surface area contributed by atoms with Crippen LogP contribution in [0, 0.1) is 27.7 Å². The van der Waals surface area contributed by atoms with E-state index in [0.29, 0.717) is 16.3 Å². The molecule has 1 atom stereocenters. The van der Waals surface area contributed by atoms with E-state index in [2.05, 4.69) is 4.98 Å². The number of aryl methyl sites for hydroxylation is 4. The third-order valence-electron chi connectivity index (χ3n) is 5.29. The van der Waals surface area contributed by atoms with Crippen LogP contribution in [0.4, 0.5) is 5.69 Å². The Morgan fingerprint density at radius 3 is 2.37 bits per heavy atom. The largest absolute Gasteiger partial charge is 0.503 e.